The van der Waals surface area contributed by atoms with Crippen LogP contribution >= 0.6 is 0 Å². The van der Waals surface area contributed by atoms with E-state index in [0.717, 1.165) is 22.4 Å². The van der Waals surface area contributed by atoms with Gasteiger partial charge in [0.1, 0.15) is 11.4 Å². The zero-order valence-corrected chi connectivity index (χ0v) is 20.8. The summed E-state index contributed by atoms with van der Waals surface area (Å²) >= 11 is 0. The van der Waals surface area contributed by atoms with Crippen LogP contribution in [0.2, 0.25) is 0 Å². The third-order valence-corrected chi connectivity index (χ3v) is 4.66. The summed E-state index contributed by atoms with van der Waals surface area (Å²) in [7, 11) is 1.69. The first-order chi connectivity index (χ1) is 14.8. The summed E-state index contributed by atoms with van der Waals surface area (Å²) in [6.45, 7) is 14.9. The molecule has 5 nitrogen and oxygen atoms in total. The lowest BCUT2D eigenvalue weighted by molar-refractivity contribution is -0.164. The minimum absolute atomic E-state index is 0.406. The summed E-state index contributed by atoms with van der Waals surface area (Å²) < 4.78 is 15.5. The molecule has 0 fully saturated rings. The summed E-state index contributed by atoms with van der Waals surface area (Å²) in [5, 5.41) is 0. The molecule has 0 unspecified atom stereocenters. The molecule has 5 heteroatoms. The Morgan fingerprint density at radius 3 is 2.25 bits per heavy atom. The first kappa shape index (κ1) is 27.0. The van der Waals surface area contributed by atoms with E-state index in [1.54, 1.807) is 40.9 Å². The fourth-order valence-corrected chi connectivity index (χ4v) is 2.93. The lowest BCUT2D eigenvalue weighted by atomic mass is 9.96. The smallest absolute Gasteiger partial charge is 0.344 e. The number of ether oxygens (including phenoxy) is 3. The fourth-order valence-electron chi connectivity index (χ4n) is 2.93. The summed E-state index contributed by atoms with van der Waals surface area (Å²) in [6, 6.07) is 2.05. The third-order valence-electron chi connectivity index (χ3n) is 4.66. The van der Waals surface area contributed by atoms with Crippen molar-refractivity contribution in [2.75, 3.05) is 13.7 Å². The van der Waals surface area contributed by atoms with Gasteiger partial charge in [0.2, 0.25) is 0 Å². The zero-order valence-electron chi connectivity index (χ0n) is 20.8. The maximum Gasteiger partial charge on any atom is 0.344 e. The molecule has 0 bridgehead atoms. The van der Waals surface area contributed by atoms with E-state index < -0.39 is 24.1 Å². The normalized spacial score (nSPS) is 13.0. The van der Waals surface area contributed by atoms with Gasteiger partial charge in [-0.25, -0.2) is 9.59 Å². The van der Waals surface area contributed by atoms with Gasteiger partial charge in [0, 0.05) is 6.08 Å². The molecule has 1 rings (SSSR count). The second kappa shape index (κ2) is 12.1. The van der Waals surface area contributed by atoms with E-state index in [4.69, 9.17) is 14.2 Å². The van der Waals surface area contributed by atoms with E-state index in [-0.39, 0.29) is 0 Å². The molecule has 1 aromatic rings. The van der Waals surface area contributed by atoms with Crippen LogP contribution in [0.4, 0.5) is 0 Å². The van der Waals surface area contributed by atoms with Crippen molar-refractivity contribution in [1.82, 2.24) is 0 Å². The highest BCUT2D eigenvalue weighted by Gasteiger charge is 2.17. The van der Waals surface area contributed by atoms with Crippen molar-refractivity contribution in [2.24, 2.45) is 0 Å². The van der Waals surface area contributed by atoms with E-state index in [0.29, 0.717) is 5.57 Å². The largest absolute Gasteiger partial charge is 0.496 e. The Labute approximate surface area is 192 Å². The second-order valence-electron chi connectivity index (χ2n) is 8.75. The Hall–Kier alpha value is -3.08. The van der Waals surface area contributed by atoms with Crippen molar-refractivity contribution in [3.8, 4) is 5.75 Å². The van der Waals surface area contributed by atoms with Gasteiger partial charge in [0.25, 0.3) is 0 Å². The lowest BCUT2D eigenvalue weighted by Gasteiger charge is -2.19. The molecule has 0 amide bonds. The molecule has 32 heavy (non-hydrogen) atoms. The molecule has 1 aromatic carbocycles. The van der Waals surface area contributed by atoms with Crippen molar-refractivity contribution in [1.29, 1.82) is 0 Å². The number of rotatable bonds is 8. The summed E-state index contributed by atoms with van der Waals surface area (Å²) in [4.78, 5) is 23.4. The Bertz CT molecular complexity index is 953. The van der Waals surface area contributed by atoms with Gasteiger partial charge in [-0.2, -0.15) is 0 Å². The van der Waals surface area contributed by atoms with Gasteiger partial charge >= 0.3 is 11.9 Å². The van der Waals surface area contributed by atoms with Crippen LogP contribution in [0.5, 0.6) is 5.75 Å². The quantitative estimate of drug-likeness (QED) is 0.283. The van der Waals surface area contributed by atoms with Crippen molar-refractivity contribution in [3.05, 3.63) is 69.8 Å². The minimum Gasteiger partial charge on any atom is -0.496 e. The number of benzene rings is 1. The van der Waals surface area contributed by atoms with Crippen molar-refractivity contribution in [2.45, 2.75) is 61.0 Å². The van der Waals surface area contributed by atoms with Crippen molar-refractivity contribution >= 4 is 18.0 Å². The number of hydrogen-bond donors (Lipinski definition) is 0. The Morgan fingerprint density at radius 2 is 1.66 bits per heavy atom. The number of hydrogen-bond acceptors (Lipinski definition) is 5. The topological polar surface area (TPSA) is 61.8 Å². The predicted molar refractivity (Wildman–Crippen MR) is 130 cm³/mol. The van der Waals surface area contributed by atoms with Crippen molar-refractivity contribution < 1.29 is 23.8 Å². The second-order valence-corrected chi connectivity index (χ2v) is 8.75. The van der Waals surface area contributed by atoms with Crippen LogP contribution in [0.1, 0.15) is 56.9 Å². The first-order valence-electron chi connectivity index (χ1n) is 10.6. The summed E-state index contributed by atoms with van der Waals surface area (Å²) in [5.41, 5.74) is 5.85. The number of allylic oxidation sites excluding steroid dienone is 6. The molecule has 0 spiro atoms. The van der Waals surface area contributed by atoms with E-state index >= 15 is 0 Å². The van der Waals surface area contributed by atoms with Crippen LogP contribution in [0.3, 0.4) is 0 Å². The maximum absolute atomic E-state index is 11.8. The molecule has 0 radical (unpaired) electrons. The third kappa shape index (κ3) is 9.38. The first-order valence-corrected chi connectivity index (χ1v) is 10.6. The van der Waals surface area contributed by atoms with E-state index in [9.17, 15) is 9.59 Å². The molecule has 0 saturated heterocycles. The molecule has 0 aliphatic rings. The van der Waals surface area contributed by atoms with Crippen LogP contribution in [-0.4, -0.2) is 31.3 Å². The van der Waals surface area contributed by atoms with Crippen LogP contribution in [0.15, 0.2) is 47.6 Å². The van der Waals surface area contributed by atoms with Gasteiger partial charge < -0.3 is 14.2 Å². The molecule has 0 aromatic heterocycles. The van der Waals surface area contributed by atoms with E-state index in [1.807, 2.05) is 19.1 Å². The number of methoxy groups -OCH3 is 1. The van der Waals surface area contributed by atoms with Crippen molar-refractivity contribution in [3.63, 3.8) is 0 Å². The highest BCUT2D eigenvalue weighted by Crippen LogP contribution is 2.28. The molecule has 0 saturated carbocycles. The predicted octanol–water partition coefficient (Wildman–Crippen LogP) is 5.97. The molecule has 0 atom stereocenters. The highest BCUT2D eigenvalue weighted by molar-refractivity contribution is 5.85. The van der Waals surface area contributed by atoms with Crippen LogP contribution in [-0.2, 0) is 19.1 Å². The molecular formula is C27H36O5. The molecule has 0 aliphatic carbocycles. The molecule has 0 aliphatic heterocycles. The minimum atomic E-state index is -0.611. The summed E-state index contributed by atoms with van der Waals surface area (Å²) in [6.07, 6.45) is 11.1. The van der Waals surface area contributed by atoms with Gasteiger partial charge in [0.05, 0.1) is 7.11 Å². The van der Waals surface area contributed by atoms with Gasteiger partial charge in [-0.15, -0.1) is 0 Å². The molecule has 174 valence electrons. The van der Waals surface area contributed by atoms with Crippen LogP contribution in [0.25, 0.3) is 6.08 Å². The molecular weight excluding hydrogens is 404 g/mol. The molecule has 0 N–H and O–H groups in total. The maximum atomic E-state index is 11.8. The molecule has 0 heterocycles. The standard InChI is InChI=1S/C27H36O5/c1-18(13-14-23-20(3)16-24(30-9)22(5)21(23)4)11-10-12-19(2)15-25(28)31-17-26(29)32-27(6,7)8/h10-16H,17H2,1-9H3. The number of aryl methyl sites for hydroxylation is 1. The van der Waals surface area contributed by atoms with Gasteiger partial charge in [-0.1, -0.05) is 36.0 Å². The monoisotopic (exact) mass is 440 g/mol. The number of esters is 2. The van der Waals surface area contributed by atoms with Gasteiger partial charge in [-0.3, -0.25) is 0 Å². The Balaban J connectivity index is 2.72. The van der Waals surface area contributed by atoms with Crippen LogP contribution in [0, 0.1) is 20.8 Å². The highest BCUT2D eigenvalue weighted by atomic mass is 16.6. The van der Waals surface area contributed by atoms with Crippen LogP contribution < -0.4 is 4.74 Å². The average Bonchev–Trinajstić information content (AvgIpc) is 2.67. The summed E-state index contributed by atoms with van der Waals surface area (Å²) in [5.74, 6) is -0.256. The van der Waals surface area contributed by atoms with Gasteiger partial charge in [-0.05, 0) is 89.3 Å². The van der Waals surface area contributed by atoms with Gasteiger partial charge in [0.15, 0.2) is 6.61 Å². The van der Waals surface area contributed by atoms with E-state index in [1.165, 1.54) is 17.2 Å². The average molecular weight is 441 g/mol. The number of carbonyl (C=O) groups is 2. The zero-order chi connectivity index (χ0) is 24.5. The Morgan fingerprint density at radius 1 is 1.00 bits per heavy atom. The fraction of sp³-hybridized carbons (Fsp3) is 0.407. The van der Waals surface area contributed by atoms with E-state index in [2.05, 4.69) is 39.0 Å². The Kier molecular flexibility index (Phi) is 10.2. The number of carbonyl (C=O) groups excluding carboxylic acids is 2. The lowest BCUT2D eigenvalue weighted by Crippen LogP contribution is -2.27. The SMILES string of the molecule is COc1cc(C)c(C=CC(C)=CC=CC(C)=CC(=O)OCC(=O)OC(C)(C)C)c(C)c1C.